The van der Waals surface area contributed by atoms with Gasteiger partial charge in [-0.25, -0.2) is 4.98 Å². The van der Waals surface area contributed by atoms with Crippen LogP contribution in [0.25, 0.3) is 10.6 Å². The van der Waals surface area contributed by atoms with Crippen molar-refractivity contribution in [3.8, 4) is 10.6 Å². The van der Waals surface area contributed by atoms with Crippen molar-refractivity contribution in [3.63, 3.8) is 0 Å². The van der Waals surface area contributed by atoms with Gasteiger partial charge in [0.15, 0.2) is 0 Å². The molecule has 0 radical (unpaired) electrons. The van der Waals surface area contributed by atoms with Crippen molar-refractivity contribution >= 4 is 23.2 Å². The van der Waals surface area contributed by atoms with E-state index in [-0.39, 0.29) is 24.2 Å². The maximum Gasteiger partial charge on any atom is 0.310 e. The minimum Gasteiger partial charge on any atom is -0.466 e. The molecule has 2 aliphatic rings. The van der Waals surface area contributed by atoms with Crippen molar-refractivity contribution in [1.29, 1.82) is 0 Å². The highest BCUT2D eigenvalue weighted by molar-refractivity contribution is 7.13. The first-order chi connectivity index (χ1) is 15.6. The standard InChI is InChI=1S/C24H31N3O4S/c1-2-31-24(29)20-7-4-8-27(16-20)22(28)14-21-17-32-23(25-21)19-6-3-5-18(13-19)15-26-9-11-30-12-10-26/h3,5-6,13,17,20H,2,4,7-12,14-16H2,1H3. The number of thiazole rings is 1. The van der Waals surface area contributed by atoms with Crippen molar-refractivity contribution in [1.82, 2.24) is 14.8 Å². The van der Waals surface area contributed by atoms with E-state index in [2.05, 4.69) is 29.2 Å². The number of morpholine rings is 1. The number of hydrogen-bond acceptors (Lipinski definition) is 7. The van der Waals surface area contributed by atoms with Crippen LogP contribution < -0.4 is 0 Å². The Morgan fingerprint density at radius 2 is 2.09 bits per heavy atom. The number of benzene rings is 1. The van der Waals surface area contributed by atoms with Gasteiger partial charge in [-0.15, -0.1) is 11.3 Å². The van der Waals surface area contributed by atoms with E-state index in [1.54, 1.807) is 16.2 Å². The Balaban J connectivity index is 1.36. The lowest BCUT2D eigenvalue weighted by Gasteiger charge is -2.31. The molecule has 3 heterocycles. The molecule has 0 spiro atoms. The summed E-state index contributed by atoms with van der Waals surface area (Å²) in [5.74, 6) is -0.386. The first kappa shape index (κ1) is 22.9. The molecule has 0 bridgehead atoms. The van der Waals surface area contributed by atoms with Crippen LogP contribution in [0.5, 0.6) is 0 Å². The monoisotopic (exact) mass is 457 g/mol. The fourth-order valence-corrected chi connectivity index (χ4v) is 5.08. The van der Waals surface area contributed by atoms with E-state index < -0.39 is 0 Å². The molecule has 0 saturated carbocycles. The van der Waals surface area contributed by atoms with E-state index >= 15 is 0 Å². The summed E-state index contributed by atoms with van der Waals surface area (Å²) in [6.07, 6.45) is 1.87. The summed E-state index contributed by atoms with van der Waals surface area (Å²) < 4.78 is 10.6. The Hall–Kier alpha value is -2.29. The van der Waals surface area contributed by atoms with Crippen LogP contribution in [0.2, 0.25) is 0 Å². The third-order valence-corrected chi connectivity index (χ3v) is 6.90. The fraction of sp³-hybridized carbons (Fsp3) is 0.542. The zero-order valence-corrected chi connectivity index (χ0v) is 19.4. The highest BCUT2D eigenvalue weighted by Gasteiger charge is 2.29. The SMILES string of the molecule is CCOC(=O)C1CCCN(C(=O)Cc2csc(-c3cccc(CN4CCOCC4)c3)n2)C1. The maximum atomic E-state index is 12.8. The van der Waals surface area contributed by atoms with Crippen molar-refractivity contribution in [3.05, 3.63) is 40.9 Å². The Morgan fingerprint density at radius 1 is 1.25 bits per heavy atom. The van der Waals surface area contributed by atoms with Crippen molar-refractivity contribution in [2.45, 2.75) is 32.7 Å². The second-order valence-electron chi connectivity index (χ2n) is 8.34. The second kappa shape index (κ2) is 11.0. The third kappa shape index (κ3) is 5.94. The second-order valence-corrected chi connectivity index (χ2v) is 9.20. The van der Waals surface area contributed by atoms with Crippen molar-refractivity contribution < 1.29 is 19.1 Å². The van der Waals surface area contributed by atoms with Gasteiger partial charge in [-0.2, -0.15) is 0 Å². The molecule has 32 heavy (non-hydrogen) atoms. The van der Waals surface area contributed by atoms with Crippen LogP contribution in [0.15, 0.2) is 29.6 Å². The Morgan fingerprint density at radius 3 is 2.91 bits per heavy atom. The summed E-state index contributed by atoms with van der Waals surface area (Å²) in [4.78, 5) is 33.8. The summed E-state index contributed by atoms with van der Waals surface area (Å²) in [5.41, 5.74) is 3.13. The number of ether oxygens (including phenoxy) is 2. The molecule has 172 valence electrons. The molecule has 1 atom stereocenters. The molecule has 8 heteroatoms. The lowest BCUT2D eigenvalue weighted by Crippen LogP contribution is -2.43. The largest absolute Gasteiger partial charge is 0.466 e. The molecule has 2 saturated heterocycles. The molecule has 0 N–H and O–H groups in total. The first-order valence-corrected chi connectivity index (χ1v) is 12.3. The molecule has 1 aromatic heterocycles. The number of aromatic nitrogens is 1. The van der Waals surface area contributed by atoms with E-state index in [9.17, 15) is 9.59 Å². The van der Waals surface area contributed by atoms with Crippen LogP contribution >= 0.6 is 11.3 Å². The zero-order chi connectivity index (χ0) is 22.3. The van der Waals surface area contributed by atoms with Gasteiger partial charge in [-0.05, 0) is 31.4 Å². The molecule has 2 aromatic rings. The van der Waals surface area contributed by atoms with Crippen LogP contribution in [0.4, 0.5) is 0 Å². The van der Waals surface area contributed by atoms with Gasteiger partial charge in [0.05, 0.1) is 37.9 Å². The van der Waals surface area contributed by atoms with Crippen molar-refractivity contribution in [2.24, 2.45) is 5.92 Å². The zero-order valence-electron chi connectivity index (χ0n) is 18.6. The predicted octanol–water partition coefficient (Wildman–Crippen LogP) is 2.99. The number of piperidine rings is 1. The van der Waals surface area contributed by atoms with Crippen molar-refractivity contribution in [2.75, 3.05) is 46.0 Å². The normalized spacial score (nSPS) is 19.7. The van der Waals surface area contributed by atoms with E-state index in [0.717, 1.165) is 62.0 Å². The minimum absolute atomic E-state index is 0.0249. The third-order valence-electron chi connectivity index (χ3n) is 5.96. The molecule has 2 fully saturated rings. The number of likely N-dealkylation sites (tertiary alicyclic amines) is 1. The van der Waals surface area contributed by atoms with E-state index in [4.69, 9.17) is 14.5 Å². The summed E-state index contributed by atoms with van der Waals surface area (Å²) in [6, 6.07) is 8.48. The molecular formula is C24H31N3O4S. The average Bonchev–Trinajstić information content (AvgIpc) is 3.29. The van der Waals surface area contributed by atoms with E-state index in [0.29, 0.717) is 19.7 Å². The fourth-order valence-electron chi connectivity index (χ4n) is 4.26. The Labute approximate surface area is 193 Å². The maximum absolute atomic E-state index is 12.8. The van der Waals surface area contributed by atoms with Crippen LogP contribution in [-0.2, 0) is 32.0 Å². The average molecular weight is 458 g/mol. The Kier molecular flexibility index (Phi) is 7.89. The van der Waals surface area contributed by atoms with Crippen LogP contribution in [-0.4, -0.2) is 72.7 Å². The molecule has 1 aromatic carbocycles. The molecular weight excluding hydrogens is 426 g/mol. The van der Waals surface area contributed by atoms with Crippen LogP contribution in [0.1, 0.15) is 31.0 Å². The van der Waals surface area contributed by atoms with Gasteiger partial charge in [0.1, 0.15) is 5.01 Å². The topological polar surface area (TPSA) is 72.0 Å². The number of carbonyl (C=O) groups is 2. The number of carbonyl (C=O) groups excluding carboxylic acids is 2. The highest BCUT2D eigenvalue weighted by atomic mass is 32.1. The molecule has 1 amide bonds. The van der Waals surface area contributed by atoms with Gasteiger partial charge in [0.2, 0.25) is 5.91 Å². The molecule has 0 aliphatic carbocycles. The smallest absolute Gasteiger partial charge is 0.310 e. The lowest BCUT2D eigenvalue weighted by molar-refractivity contribution is -0.151. The molecule has 1 unspecified atom stereocenters. The first-order valence-electron chi connectivity index (χ1n) is 11.4. The minimum atomic E-state index is -0.215. The summed E-state index contributed by atoms with van der Waals surface area (Å²) in [7, 11) is 0. The van der Waals surface area contributed by atoms with Crippen LogP contribution in [0, 0.1) is 5.92 Å². The van der Waals surface area contributed by atoms with Gasteiger partial charge in [0, 0.05) is 43.7 Å². The predicted molar refractivity (Wildman–Crippen MR) is 123 cm³/mol. The van der Waals surface area contributed by atoms with E-state index in [1.165, 1.54) is 5.56 Å². The number of esters is 1. The summed E-state index contributed by atoms with van der Waals surface area (Å²) >= 11 is 1.57. The number of rotatable bonds is 7. The number of nitrogens with zero attached hydrogens (tertiary/aromatic N) is 3. The van der Waals surface area contributed by atoms with Gasteiger partial charge in [0.25, 0.3) is 0 Å². The van der Waals surface area contributed by atoms with Gasteiger partial charge in [-0.3, -0.25) is 14.5 Å². The van der Waals surface area contributed by atoms with Gasteiger partial charge < -0.3 is 14.4 Å². The molecule has 2 aliphatic heterocycles. The Bertz CT molecular complexity index is 925. The van der Waals surface area contributed by atoms with Crippen LogP contribution in [0.3, 0.4) is 0 Å². The quantitative estimate of drug-likeness (QED) is 0.596. The van der Waals surface area contributed by atoms with Gasteiger partial charge in [-0.1, -0.05) is 18.2 Å². The van der Waals surface area contributed by atoms with E-state index in [1.807, 2.05) is 12.3 Å². The summed E-state index contributed by atoms with van der Waals surface area (Å²) in [5, 5.41) is 2.90. The van der Waals surface area contributed by atoms with Gasteiger partial charge >= 0.3 is 5.97 Å². The molecule has 4 rings (SSSR count). The highest BCUT2D eigenvalue weighted by Crippen LogP contribution is 2.26. The number of hydrogen-bond donors (Lipinski definition) is 0. The molecule has 7 nitrogen and oxygen atoms in total. The number of amides is 1. The lowest BCUT2D eigenvalue weighted by atomic mass is 9.98. The summed E-state index contributed by atoms with van der Waals surface area (Å²) in [6.45, 7) is 7.73.